The van der Waals surface area contributed by atoms with Crippen LogP contribution in [0.1, 0.15) is 0 Å². The molecule has 0 aromatic heterocycles. The molecule has 0 aliphatic carbocycles. The lowest BCUT2D eigenvalue weighted by Gasteiger charge is -2.31. The molecule has 1 saturated heterocycles. The number of rotatable bonds is 5. The van der Waals surface area contributed by atoms with E-state index < -0.39 is 36.3 Å². The average Bonchev–Trinajstić information content (AvgIpc) is 3.09. The van der Waals surface area contributed by atoms with Crippen LogP contribution in [0.2, 0.25) is 0 Å². The Balaban J connectivity index is 2.32. The van der Waals surface area contributed by atoms with Crippen LogP contribution in [0.5, 0.6) is 0 Å². The van der Waals surface area contributed by atoms with Gasteiger partial charge in [0.2, 0.25) is 23.8 Å². The van der Waals surface area contributed by atoms with Crippen molar-refractivity contribution in [3.8, 4) is 0 Å². The predicted octanol–water partition coefficient (Wildman–Crippen LogP) is 2.46. The van der Waals surface area contributed by atoms with E-state index in [-0.39, 0.29) is 16.4 Å². The van der Waals surface area contributed by atoms with Gasteiger partial charge >= 0.3 is 0 Å². The van der Waals surface area contributed by atoms with E-state index in [1.54, 1.807) is 36.4 Å². The first kappa shape index (κ1) is 17.8. The van der Waals surface area contributed by atoms with Gasteiger partial charge in [-0.1, -0.05) is 42.5 Å². The van der Waals surface area contributed by atoms with Crippen molar-refractivity contribution < 1.29 is 21.6 Å². The standard InChI is InChI=1S/C18H18O5S2/c1-2-15-13-23-14-18(15,24(19,20)16-9-5-3-6-10-16)25(21,22)17-11-7-4-8-12-17/h2-12,15H,1,13-14H2/t15-/m1/s1. The molecule has 0 spiro atoms. The SMILES string of the molecule is C=C[C@@H]1COCC1(S(=O)(=O)c1ccccc1)S(=O)(=O)c1ccccc1. The fraction of sp³-hybridized carbons (Fsp3) is 0.222. The minimum Gasteiger partial charge on any atom is -0.378 e. The van der Waals surface area contributed by atoms with Gasteiger partial charge in [0.05, 0.1) is 23.0 Å². The summed E-state index contributed by atoms with van der Waals surface area (Å²) in [6.45, 7) is 3.20. The fourth-order valence-corrected chi connectivity index (χ4v) is 8.27. The van der Waals surface area contributed by atoms with Crippen LogP contribution < -0.4 is 0 Å². The second kappa shape index (κ2) is 6.40. The van der Waals surface area contributed by atoms with Crippen LogP contribution in [0.15, 0.2) is 83.1 Å². The number of ether oxygens (including phenoxy) is 1. The first-order valence-corrected chi connectivity index (χ1v) is 10.6. The fourth-order valence-electron chi connectivity index (χ4n) is 3.11. The first-order valence-electron chi connectivity index (χ1n) is 7.67. The Morgan fingerprint density at radius 2 is 1.32 bits per heavy atom. The summed E-state index contributed by atoms with van der Waals surface area (Å²) in [6, 6.07) is 15.2. The van der Waals surface area contributed by atoms with Crippen LogP contribution in [0.3, 0.4) is 0 Å². The van der Waals surface area contributed by atoms with Crippen LogP contribution >= 0.6 is 0 Å². The van der Waals surface area contributed by atoms with Crippen molar-refractivity contribution in [2.75, 3.05) is 13.2 Å². The Kier molecular flexibility index (Phi) is 4.57. The molecule has 7 heteroatoms. The summed E-state index contributed by atoms with van der Waals surface area (Å²) in [4.78, 5) is -0.0984. The lowest BCUT2D eigenvalue weighted by Crippen LogP contribution is -2.51. The number of hydrogen-bond acceptors (Lipinski definition) is 5. The molecule has 25 heavy (non-hydrogen) atoms. The van der Waals surface area contributed by atoms with E-state index in [4.69, 9.17) is 4.74 Å². The van der Waals surface area contributed by atoms with Crippen molar-refractivity contribution in [2.24, 2.45) is 5.92 Å². The quantitative estimate of drug-likeness (QED) is 0.747. The minimum atomic E-state index is -4.25. The maximum Gasteiger partial charge on any atom is 0.213 e. The summed E-state index contributed by atoms with van der Waals surface area (Å²) in [5, 5.41) is 0. The summed E-state index contributed by atoms with van der Waals surface area (Å²) >= 11 is 0. The van der Waals surface area contributed by atoms with Crippen molar-refractivity contribution in [2.45, 2.75) is 13.9 Å². The largest absolute Gasteiger partial charge is 0.378 e. The third-order valence-electron chi connectivity index (χ3n) is 4.47. The van der Waals surface area contributed by atoms with Gasteiger partial charge in [0, 0.05) is 5.92 Å². The van der Waals surface area contributed by atoms with Crippen molar-refractivity contribution in [1.82, 2.24) is 0 Å². The van der Waals surface area contributed by atoms with Crippen LogP contribution in [0.4, 0.5) is 0 Å². The molecule has 0 amide bonds. The van der Waals surface area contributed by atoms with Crippen LogP contribution in [0, 0.1) is 5.92 Å². The molecule has 0 N–H and O–H groups in total. The molecule has 0 bridgehead atoms. The van der Waals surface area contributed by atoms with Crippen molar-refractivity contribution in [3.63, 3.8) is 0 Å². The molecule has 2 aromatic carbocycles. The Hall–Kier alpha value is -1.96. The Labute approximate surface area is 147 Å². The summed E-state index contributed by atoms with van der Waals surface area (Å²) in [6.07, 6.45) is 1.36. The Morgan fingerprint density at radius 1 is 0.880 bits per heavy atom. The van der Waals surface area contributed by atoms with E-state index in [0.717, 1.165) is 0 Å². The van der Waals surface area contributed by atoms with Crippen molar-refractivity contribution in [1.29, 1.82) is 0 Å². The predicted molar refractivity (Wildman–Crippen MR) is 94.5 cm³/mol. The lowest BCUT2D eigenvalue weighted by atomic mass is 10.1. The molecule has 0 unspecified atom stereocenters. The highest BCUT2D eigenvalue weighted by atomic mass is 32.3. The summed E-state index contributed by atoms with van der Waals surface area (Å²) in [5.41, 5.74) is 0. The highest BCUT2D eigenvalue weighted by molar-refractivity contribution is 8.10. The van der Waals surface area contributed by atoms with Gasteiger partial charge in [-0.25, -0.2) is 16.8 Å². The topological polar surface area (TPSA) is 77.5 Å². The van der Waals surface area contributed by atoms with E-state index >= 15 is 0 Å². The molecule has 0 saturated carbocycles. The molecule has 2 aromatic rings. The van der Waals surface area contributed by atoms with E-state index in [1.165, 1.54) is 30.3 Å². The molecule has 132 valence electrons. The molecule has 1 heterocycles. The van der Waals surface area contributed by atoms with Crippen molar-refractivity contribution >= 4 is 19.7 Å². The molecule has 5 nitrogen and oxygen atoms in total. The second-order valence-corrected chi connectivity index (χ2v) is 10.5. The normalized spacial score (nSPS) is 20.2. The Bertz CT molecular complexity index is 895. The lowest BCUT2D eigenvalue weighted by molar-refractivity contribution is 0.190. The number of benzene rings is 2. The van der Waals surface area contributed by atoms with Gasteiger partial charge in [-0.05, 0) is 24.3 Å². The third-order valence-corrected chi connectivity index (χ3v) is 10.2. The highest BCUT2D eigenvalue weighted by Crippen LogP contribution is 2.45. The van der Waals surface area contributed by atoms with E-state index in [2.05, 4.69) is 6.58 Å². The average molecular weight is 378 g/mol. The molecular formula is C18H18O5S2. The first-order chi connectivity index (χ1) is 11.9. The van der Waals surface area contributed by atoms with Gasteiger partial charge in [-0.15, -0.1) is 6.58 Å². The zero-order chi connectivity index (χ0) is 18.1. The minimum absolute atomic E-state index is 0.0123. The summed E-state index contributed by atoms with van der Waals surface area (Å²) in [5.74, 6) is -0.872. The molecular weight excluding hydrogens is 360 g/mol. The smallest absolute Gasteiger partial charge is 0.213 e. The summed E-state index contributed by atoms with van der Waals surface area (Å²) in [7, 11) is -8.50. The van der Waals surface area contributed by atoms with Gasteiger partial charge in [0.1, 0.15) is 0 Å². The van der Waals surface area contributed by atoms with Gasteiger partial charge in [-0.3, -0.25) is 0 Å². The third kappa shape index (κ3) is 2.54. The van der Waals surface area contributed by atoms with Gasteiger partial charge < -0.3 is 4.74 Å². The maximum absolute atomic E-state index is 13.4. The molecule has 3 rings (SSSR count). The van der Waals surface area contributed by atoms with Gasteiger partial charge in [0.25, 0.3) is 0 Å². The molecule has 1 aliphatic heterocycles. The molecule has 0 radical (unpaired) electrons. The van der Waals surface area contributed by atoms with E-state index in [9.17, 15) is 16.8 Å². The molecule has 1 atom stereocenters. The monoisotopic (exact) mass is 378 g/mol. The van der Waals surface area contributed by atoms with Gasteiger partial charge in [-0.2, -0.15) is 0 Å². The van der Waals surface area contributed by atoms with Crippen molar-refractivity contribution in [3.05, 3.63) is 73.3 Å². The number of hydrogen-bond donors (Lipinski definition) is 0. The maximum atomic E-state index is 13.4. The van der Waals surface area contributed by atoms with Crippen LogP contribution in [0.25, 0.3) is 0 Å². The Morgan fingerprint density at radius 3 is 1.72 bits per heavy atom. The van der Waals surface area contributed by atoms with E-state index in [1.807, 2.05) is 0 Å². The number of sulfone groups is 2. The second-order valence-electron chi connectivity index (χ2n) is 5.80. The van der Waals surface area contributed by atoms with Crippen LogP contribution in [-0.4, -0.2) is 34.1 Å². The highest BCUT2D eigenvalue weighted by Gasteiger charge is 2.63. The zero-order valence-corrected chi connectivity index (χ0v) is 15.0. The summed E-state index contributed by atoms with van der Waals surface area (Å²) < 4.78 is 57.0. The van der Waals surface area contributed by atoms with E-state index in [0.29, 0.717) is 0 Å². The zero-order valence-electron chi connectivity index (χ0n) is 13.4. The van der Waals surface area contributed by atoms with Crippen LogP contribution in [-0.2, 0) is 24.4 Å². The molecule has 1 aliphatic rings. The van der Waals surface area contributed by atoms with Gasteiger partial charge in [0.15, 0.2) is 0 Å². The molecule has 1 fully saturated rings.